The summed E-state index contributed by atoms with van der Waals surface area (Å²) >= 11 is 0. The third-order valence-electron chi connectivity index (χ3n) is 14.7. The summed E-state index contributed by atoms with van der Waals surface area (Å²) < 4.78 is 6.15. The third-order valence-corrected chi connectivity index (χ3v) is 14.7. The standard InChI is InChI=1S/C39H54O6/c1-34(2)18-20-39(33(43)44)21-19-37(6)25(26(39)23-34)10-12-30-36(5)16-15-31(35(3,4)29(36)14-17-38(30,37)7)45-32(42)13-9-24-8-11-27(40)28(41)22-24/h8-11,13,22,26,29-31,40-41H,12,14-21,23H2,1-7H3,(H,43,44)/t26-,29-,30+,31-,36-,37+,38+,39-/m0/s1. The molecule has 0 bridgehead atoms. The highest BCUT2D eigenvalue weighted by atomic mass is 16.5. The molecular weight excluding hydrogens is 564 g/mol. The Labute approximate surface area is 269 Å². The van der Waals surface area contributed by atoms with E-state index in [0.717, 1.165) is 64.2 Å². The van der Waals surface area contributed by atoms with E-state index >= 15 is 0 Å². The van der Waals surface area contributed by atoms with Crippen LogP contribution in [0.3, 0.4) is 0 Å². The van der Waals surface area contributed by atoms with E-state index in [1.165, 1.54) is 23.8 Å². The summed E-state index contributed by atoms with van der Waals surface area (Å²) in [5, 5.41) is 30.0. The van der Waals surface area contributed by atoms with Crippen LogP contribution in [0.15, 0.2) is 35.9 Å². The highest BCUT2D eigenvalue weighted by molar-refractivity contribution is 5.87. The van der Waals surface area contributed by atoms with Crippen LogP contribution in [-0.2, 0) is 14.3 Å². The van der Waals surface area contributed by atoms with Crippen LogP contribution in [0.25, 0.3) is 6.08 Å². The van der Waals surface area contributed by atoms with E-state index < -0.39 is 11.4 Å². The molecule has 0 heterocycles. The summed E-state index contributed by atoms with van der Waals surface area (Å²) in [7, 11) is 0. The Bertz CT molecular complexity index is 1450. The van der Waals surface area contributed by atoms with Crippen molar-refractivity contribution in [2.24, 2.45) is 50.2 Å². The van der Waals surface area contributed by atoms with Gasteiger partial charge in [0.2, 0.25) is 0 Å². The molecule has 6 rings (SSSR count). The largest absolute Gasteiger partial charge is 0.504 e. The minimum absolute atomic E-state index is 0.0121. The van der Waals surface area contributed by atoms with Crippen molar-refractivity contribution in [2.45, 2.75) is 119 Å². The Balaban J connectivity index is 1.25. The maximum atomic E-state index is 13.0. The third kappa shape index (κ3) is 4.70. The van der Waals surface area contributed by atoms with Crippen molar-refractivity contribution >= 4 is 18.0 Å². The van der Waals surface area contributed by atoms with Crippen LogP contribution in [-0.4, -0.2) is 33.4 Å². The lowest BCUT2D eigenvalue weighted by Crippen LogP contribution is -2.65. The highest BCUT2D eigenvalue weighted by Crippen LogP contribution is 2.75. The second-order valence-electron chi connectivity index (χ2n) is 17.5. The molecule has 6 heteroatoms. The van der Waals surface area contributed by atoms with Gasteiger partial charge in [-0.15, -0.1) is 0 Å². The topological polar surface area (TPSA) is 104 Å². The van der Waals surface area contributed by atoms with Crippen molar-refractivity contribution in [3.63, 3.8) is 0 Å². The lowest BCUT2D eigenvalue weighted by Gasteiger charge is -2.71. The van der Waals surface area contributed by atoms with Crippen LogP contribution >= 0.6 is 0 Å². The van der Waals surface area contributed by atoms with Crippen molar-refractivity contribution in [3.8, 4) is 11.5 Å². The number of rotatable bonds is 4. The molecule has 45 heavy (non-hydrogen) atoms. The minimum atomic E-state index is -0.619. The van der Waals surface area contributed by atoms with Gasteiger partial charge in [-0.2, -0.15) is 0 Å². The number of aliphatic carboxylic acids is 1. The van der Waals surface area contributed by atoms with Gasteiger partial charge in [0.05, 0.1) is 5.41 Å². The normalized spacial score (nSPS) is 41.5. The van der Waals surface area contributed by atoms with Crippen molar-refractivity contribution in [3.05, 3.63) is 41.5 Å². The maximum Gasteiger partial charge on any atom is 0.331 e. The van der Waals surface area contributed by atoms with Gasteiger partial charge < -0.3 is 20.1 Å². The summed E-state index contributed by atoms with van der Waals surface area (Å²) in [5.74, 6) is -0.379. The monoisotopic (exact) mass is 618 g/mol. The fourth-order valence-corrected chi connectivity index (χ4v) is 11.8. The number of carboxylic acids is 1. The summed E-state index contributed by atoms with van der Waals surface area (Å²) in [6.07, 6.45) is 14.8. The van der Waals surface area contributed by atoms with E-state index in [0.29, 0.717) is 17.4 Å². The molecule has 0 amide bonds. The average Bonchev–Trinajstić information content (AvgIpc) is 2.95. The number of benzene rings is 1. The predicted molar refractivity (Wildman–Crippen MR) is 175 cm³/mol. The Kier molecular flexibility index (Phi) is 7.42. The van der Waals surface area contributed by atoms with E-state index in [-0.39, 0.29) is 56.6 Å². The van der Waals surface area contributed by atoms with Crippen molar-refractivity contribution in [2.75, 3.05) is 0 Å². The number of allylic oxidation sites excluding steroid dienone is 2. The summed E-state index contributed by atoms with van der Waals surface area (Å²) in [5.41, 5.74) is 1.59. The summed E-state index contributed by atoms with van der Waals surface area (Å²) in [4.78, 5) is 25.9. The molecule has 5 aliphatic rings. The van der Waals surface area contributed by atoms with E-state index in [1.54, 1.807) is 12.1 Å². The molecule has 1 aromatic carbocycles. The molecule has 5 aliphatic carbocycles. The van der Waals surface area contributed by atoms with E-state index in [1.807, 2.05) is 0 Å². The number of hydrogen-bond acceptors (Lipinski definition) is 5. The zero-order valence-corrected chi connectivity index (χ0v) is 28.4. The molecule has 8 atom stereocenters. The van der Waals surface area contributed by atoms with Crippen LogP contribution in [0.2, 0.25) is 0 Å². The number of carbonyl (C=O) groups is 2. The average molecular weight is 619 g/mol. The number of phenols is 2. The zero-order chi connectivity index (χ0) is 32.8. The number of esters is 1. The van der Waals surface area contributed by atoms with Gasteiger partial charge in [0.1, 0.15) is 6.10 Å². The number of carbonyl (C=O) groups excluding carboxylic acids is 1. The second kappa shape index (κ2) is 10.4. The number of fused-ring (bicyclic) bond motifs is 7. The Morgan fingerprint density at radius 1 is 0.867 bits per heavy atom. The van der Waals surface area contributed by atoms with Crippen molar-refractivity contribution < 1.29 is 29.6 Å². The van der Waals surface area contributed by atoms with Gasteiger partial charge in [0, 0.05) is 11.5 Å². The van der Waals surface area contributed by atoms with Crippen LogP contribution in [0, 0.1) is 50.2 Å². The first-order valence-corrected chi connectivity index (χ1v) is 17.2. The summed E-state index contributed by atoms with van der Waals surface area (Å²) in [6, 6.07) is 4.46. The van der Waals surface area contributed by atoms with E-state index in [4.69, 9.17) is 4.74 Å². The van der Waals surface area contributed by atoms with Crippen LogP contribution in [0.4, 0.5) is 0 Å². The van der Waals surface area contributed by atoms with Gasteiger partial charge in [-0.1, -0.05) is 66.2 Å². The number of hydrogen-bond donors (Lipinski definition) is 3. The van der Waals surface area contributed by atoms with Gasteiger partial charge in [-0.3, -0.25) is 4.79 Å². The number of aromatic hydroxyl groups is 2. The molecule has 0 spiro atoms. The number of ether oxygens (including phenoxy) is 1. The van der Waals surface area contributed by atoms with E-state index in [2.05, 4.69) is 54.5 Å². The quantitative estimate of drug-likeness (QED) is 0.135. The van der Waals surface area contributed by atoms with Gasteiger partial charge in [-0.25, -0.2) is 4.79 Å². The molecule has 0 aliphatic heterocycles. The highest BCUT2D eigenvalue weighted by Gasteiger charge is 2.69. The van der Waals surface area contributed by atoms with Gasteiger partial charge in [-0.05, 0) is 127 Å². The molecule has 1 aromatic rings. The lowest BCUT2D eigenvalue weighted by molar-refractivity contribution is -0.212. The molecule has 0 saturated heterocycles. The Morgan fingerprint density at radius 2 is 1.58 bits per heavy atom. The molecular formula is C39H54O6. The molecule has 0 unspecified atom stereocenters. The predicted octanol–water partition coefficient (Wildman–Crippen LogP) is 8.91. The fraction of sp³-hybridized carbons (Fsp3) is 0.692. The van der Waals surface area contributed by atoms with Crippen LogP contribution in [0.5, 0.6) is 11.5 Å². The van der Waals surface area contributed by atoms with Crippen LogP contribution in [0.1, 0.15) is 118 Å². The molecule has 4 saturated carbocycles. The van der Waals surface area contributed by atoms with Crippen LogP contribution < -0.4 is 0 Å². The zero-order valence-electron chi connectivity index (χ0n) is 28.4. The molecule has 246 valence electrons. The minimum Gasteiger partial charge on any atom is -0.504 e. The van der Waals surface area contributed by atoms with Crippen molar-refractivity contribution in [1.82, 2.24) is 0 Å². The Morgan fingerprint density at radius 3 is 2.27 bits per heavy atom. The molecule has 3 N–H and O–H groups in total. The van der Waals surface area contributed by atoms with Gasteiger partial charge >= 0.3 is 11.9 Å². The van der Waals surface area contributed by atoms with Gasteiger partial charge in [0.25, 0.3) is 0 Å². The number of phenolic OH excluding ortho intramolecular Hbond substituents is 2. The molecule has 4 fully saturated rings. The Hall–Kier alpha value is -2.76. The first kappa shape index (κ1) is 32.2. The summed E-state index contributed by atoms with van der Waals surface area (Å²) in [6.45, 7) is 16.8. The lowest BCUT2D eigenvalue weighted by atomic mass is 9.33. The van der Waals surface area contributed by atoms with Crippen molar-refractivity contribution in [1.29, 1.82) is 0 Å². The molecule has 0 aromatic heterocycles. The SMILES string of the molecule is CC1(C)CC[C@]2(C(=O)O)CC[C@]3(C)C(=CC[C@@H]4[C@@]5(C)CC[C@H](OC(=O)C=Cc6ccc(O)c(O)c6)C(C)(C)[C@@H]5CC[C@]43C)[C@@H]2C1. The van der Waals surface area contributed by atoms with E-state index in [9.17, 15) is 24.9 Å². The smallest absolute Gasteiger partial charge is 0.331 e. The number of carboxylic acid groups (broad SMARTS) is 1. The first-order valence-electron chi connectivity index (χ1n) is 17.2. The first-order chi connectivity index (χ1) is 20.9. The maximum absolute atomic E-state index is 13.0. The van der Waals surface area contributed by atoms with Gasteiger partial charge in [0.15, 0.2) is 11.5 Å². The fourth-order valence-electron chi connectivity index (χ4n) is 11.8. The molecule has 6 nitrogen and oxygen atoms in total. The molecule has 0 radical (unpaired) electrons. The second-order valence-corrected chi connectivity index (χ2v) is 17.5.